The highest BCUT2D eigenvalue weighted by Gasteiger charge is 2.33. The van der Waals surface area contributed by atoms with Gasteiger partial charge in [0.25, 0.3) is 0 Å². The van der Waals surface area contributed by atoms with Crippen molar-refractivity contribution in [3.05, 3.63) is 29.8 Å². The minimum atomic E-state index is 0.703. The van der Waals surface area contributed by atoms with Crippen molar-refractivity contribution >= 4 is 0 Å². The molecule has 0 spiro atoms. The standard InChI is InChI=1S/C18H27NO/c1-13(14-6-3-4-7-14)19-17-10-16(11-17)15-8-5-9-18(12-15)20-2/h5,8-9,12-14,16-17,19H,3-4,6-7,10-11H2,1-2H3/t13-,16?,17?/m1/s1. The quantitative estimate of drug-likeness (QED) is 0.871. The summed E-state index contributed by atoms with van der Waals surface area (Å²) in [6.45, 7) is 2.38. The van der Waals surface area contributed by atoms with Crippen LogP contribution in [0, 0.1) is 5.92 Å². The summed E-state index contributed by atoms with van der Waals surface area (Å²) in [5, 5.41) is 3.86. The third-order valence-corrected chi connectivity index (χ3v) is 5.31. The minimum absolute atomic E-state index is 0.703. The van der Waals surface area contributed by atoms with Crippen LogP contribution in [0.3, 0.4) is 0 Å². The SMILES string of the molecule is COc1cccc(C2CC(N[C@H](C)C3CCCC3)C2)c1. The van der Waals surface area contributed by atoms with Crippen molar-refractivity contribution in [1.82, 2.24) is 5.32 Å². The lowest BCUT2D eigenvalue weighted by Crippen LogP contribution is -2.46. The van der Waals surface area contributed by atoms with Gasteiger partial charge in [0, 0.05) is 12.1 Å². The summed E-state index contributed by atoms with van der Waals surface area (Å²) in [6, 6.07) is 10.00. The van der Waals surface area contributed by atoms with Crippen molar-refractivity contribution in [3.63, 3.8) is 0 Å². The second kappa shape index (κ2) is 6.17. The van der Waals surface area contributed by atoms with Gasteiger partial charge in [-0.1, -0.05) is 25.0 Å². The summed E-state index contributed by atoms with van der Waals surface area (Å²) in [6.07, 6.45) is 8.30. The molecule has 0 radical (unpaired) electrons. The number of hydrogen-bond acceptors (Lipinski definition) is 2. The molecule has 1 N–H and O–H groups in total. The van der Waals surface area contributed by atoms with Gasteiger partial charge in [-0.15, -0.1) is 0 Å². The Kier molecular flexibility index (Phi) is 4.30. The number of hydrogen-bond donors (Lipinski definition) is 1. The number of nitrogens with one attached hydrogen (secondary N) is 1. The fourth-order valence-corrected chi connectivity index (χ4v) is 3.89. The summed E-state index contributed by atoms with van der Waals surface area (Å²) >= 11 is 0. The van der Waals surface area contributed by atoms with Gasteiger partial charge in [-0.25, -0.2) is 0 Å². The van der Waals surface area contributed by atoms with Crippen molar-refractivity contribution in [2.45, 2.75) is 63.5 Å². The lowest BCUT2D eigenvalue weighted by atomic mass is 9.75. The molecule has 2 saturated carbocycles. The zero-order valence-corrected chi connectivity index (χ0v) is 12.8. The van der Waals surface area contributed by atoms with Crippen LogP contribution in [0.15, 0.2) is 24.3 Å². The molecular weight excluding hydrogens is 246 g/mol. The molecular formula is C18H27NO. The molecule has 20 heavy (non-hydrogen) atoms. The van der Waals surface area contributed by atoms with Crippen LogP contribution in [-0.4, -0.2) is 19.2 Å². The smallest absolute Gasteiger partial charge is 0.119 e. The van der Waals surface area contributed by atoms with Crippen molar-refractivity contribution < 1.29 is 4.74 Å². The highest BCUT2D eigenvalue weighted by Crippen LogP contribution is 2.39. The van der Waals surface area contributed by atoms with Gasteiger partial charge in [-0.2, -0.15) is 0 Å². The van der Waals surface area contributed by atoms with Crippen molar-refractivity contribution in [2.75, 3.05) is 7.11 Å². The van der Waals surface area contributed by atoms with Gasteiger partial charge >= 0.3 is 0 Å². The molecule has 2 heteroatoms. The zero-order valence-electron chi connectivity index (χ0n) is 12.8. The van der Waals surface area contributed by atoms with Crippen molar-refractivity contribution in [2.24, 2.45) is 5.92 Å². The molecule has 0 saturated heterocycles. The van der Waals surface area contributed by atoms with Gasteiger partial charge in [0.2, 0.25) is 0 Å². The van der Waals surface area contributed by atoms with E-state index in [1.807, 2.05) is 6.07 Å². The third-order valence-electron chi connectivity index (χ3n) is 5.31. The van der Waals surface area contributed by atoms with Crippen LogP contribution in [0.4, 0.5) is 0 Å². The normalized spacial score (nSPS) is 28.1. The predicted octanol–water partition coefficient (Wildman–Crippen LogP) is 4.11. The molecule has 0 aliphatic heterocycles. The van der Waals surface area contributed by atoms with E-state index in [0.717, 1.165) is 23.6 Å². The first-order valence-corrected chi connectivity index (χ1v) is 8.16. The Morgan fingerprint density at radius 2 is 1.95 bits per heavy atom. The third kappa shape index (κ3) is 3.01. The van der Waals surface area contributed by atoms with Gasteiger partial charge < -0.3 is 10.1 Å². The second-order valence-electron chi connectivity index (χ2n) is 6.64. The summed E-state index contributed by atoms with van der Waals surface area (Å²) < 4.78 is 5.32. The molecule has 1 aromatic carbocycles. The molecule has 2 fully saturated rings. The van der Waals surface area contributed by atoms with E-state index in [1.54, 1.807) is 7.11 Å². The molecule has 1 atom stereocenters. The Bertz CT molecular complexity index is 433. The summed E-state index contributed by atoms with van der Waals surface area (Å²) in [4.78, 5) is 0. The molecule has 110 valence electrons. The molecule has 0 unspecified atom stereocenters. The lowest BCUT2D eigenvalue weighted by Gasteiger charge is -2.39. The molecule has 1 aromatic rings. The summed E-state index contributed by atoms with van der Waals surface area (Å²) in [7, 11) is 1.74. The van der Waals surface area contributed by atoms with Crippen LogP contribution in [0.2, 0.25) is 0 Å². The maximum atomic E-state index is 5.32. The monoisotopic (exact) mass is 273 g/mol. The maximum Gasteiger partial charge on any atom is 0.119 e. The van der Waals surface area contributed by atoms with E-state index in [2.05, 4.69) is 30.4 Å². The van der Waals surface area contributed by atoms with Crippen LogP contribution < -0.4 is 10.1 Å². The lowest BCUT2D eigenvalue weighted by molar-refractivity contribution is 0.238. The largest absolute Gasteiger partial charge is 0.497 e. The number of methoxy groups -OCH3 is 1. The molecule has 0 aromatic heterocycles. The fourth-order valence-electron chi connectivity index (χ4n) is 3.89. The van der Waals surface area contributed by atoms with Gasteiger partial charge in [-0.3, -0.25) is 0 Å². The summed E-state index contributed by atoms with van der Waals surface area (Å²) in [5.74, 6) is 2.63. The first-order valence-electron chi connectivity index (χ1n) is 8.16. The Labute approximate surface area is 122 Å². The average molecular weight is 273 g/mol. The molecule has 0 heterocycles. The Morgan fingerprint density at radius 1 is 1.20 bits per heavy atom. The van der Waals surface area contributed by atoms with Crippen LogP contribution in [0.25, 0.3) is 0 Å². The molecule has 2 aliphatic carbocycles. The number of benzene rings is 1. The van der Waals surface area contributed by atoms with Gasteiger partial charge in [0.15, 0.2) is 0 Å². The second-order valence-corrected chi connectivity index (χ2v) is 6.64. The predicted molar refractivity (Wildman–Crippen MR) is 83.3 cm³/mol. The molecule has 2 aliphatic rings. The Morgan fingerprint density at radius 3 is 2.65 bits per heavy atom. The van der Waals surface area contributed by atoms with Gasteiger partial charge in [0.05, 0.1) is 7.11 Å². The van der Waals surface area contributed by atoms with Crippen LogP contribution in [0.1, 0.15) is 56.9 Å². The minimum Gasteiger partial charge on any atom is -0.497 e. The van der Waals surface area contributed by atoms with E-state index in [9.17, 15) is 0 Å². The van der Waals surface area contributed by atoms with Crippen LogP contribution >= 0.6 is 0 Å². The van der Waals surface area contributed by atoms with Crippen LogP contribution in [0.5, 0.6) is 5.75 Å². The van der Waals surface area contributed by atoms with E-state index >= 15 is 0 Å². The fraction of sp³-hybridized carbons (Fsp3) is 0.667. The van der Waals surface area contributed by atoms with Gasteiger partial charge in [-0.05, 0) is 62.1 Å². The summed E-state index contributed by atoms with van der Waals surface area (Å²) in [5.41, 5.74) is 1.44. The van der Waals surface area contributed by atoms with Crippen LogP contribution in [-0.2, 0) is 0 Å². The molecule has 3 rings (SSSR count). The van der Waals surface area contributed by atoms with E-state index in [4.69, 9.17) is 4.74 Å². The van der Waals surface area contributed by atoms with E-state index in [-0.39, 0.29) is 0 Å². The van der Waals surface area contributed by atoms with E-state index < -0.39 is 0 Å². The molecule has 0 bridgehead atoms. The number of rotatable bonds is 5. The maximum absolute atomic E-state index is 5.32. The highest BCUT2D eigenvalue weighted by atomic mass is 16.5. The highest BCUT2D eigenvalue weighted by molar-refractivity contribution is 5.32. The molecule has 0 amide bonds. The topological polar surface area (TPSA) is 21.3 Å². The van der Waals surface area contributed by atoms with E-state index in [0.29, 0.717) is 6.04 Å². The zero-order chi connectivity index (χ0) is 13.9. The van der Waals surface area contributed by atoms with Crippen molar-refractivity contribution in [1.29, 1.82) is 0 Å². The Balaban J connectivity index is 1.48. The molecule has 2 nitrogen and oxygen atoms in total. The Hall–Kier alpha value is -1.02. The first-order chi connectivity index (χ1) is 9.76. The average Bonchev–Trinajstić information content (AvgIpc) is 2.96. The number of ether oxygens (including phenoxy) is 1. The van der Waals surface area contributed by atoms with Crippen molar-refractivity contribution in [3.8, 4) is 5.75 Å². The van der Waals surface area contributed by atoms with Gasteiger partial charge in [0.1, 0.15) is 5.75 Å². The first kappa shape index (κ1) is 13.9. The van der Waals surface area contributed by atoms with E-state index in [1.165, 1.54) is 44.1 Å².